The maximum atomic E-state index is 12.6. The van der Waals surface area contributed by atoms with Gasteiger partial charge in [0.2, 0.25) is 0 Å². The highest BCUT2D eigenvalue weighted by Crippen LogP contribution is 2.32. The van der Waals surface area contributed by atoms with Crippen LogP contribution < -0.4 is 9.62 Å². The topological polar surface area (TPSA) is 69.7 Å². The van der Waals surface area contributed by atoms with Crippen LogP contribution in [0.25, 0.3) is 6.08 Å². The van der Waals surface area contributed by atoms with Gasteiger partial charge in [0.1, 0.15) is 4.32 Å². The predicted octanol–water partition coefficient (Wildman–Crippen LogP) is 4.34. The van der Waals surface area contributed by atoms with Gasteiger partial charge in [0.15, 0.2) is 0 Å². The molecule has 0 saturated carbocycles. The Morgan fingerprint density at radius 1 is 1.19 bits per heavy atom. The van der Waals surface area contributed by atoms with Gasteiger partial charge in [0.05, 0.1) is 4.91 Å². The molecule has 0 aliphatic carbocycles. The SMILES string of the molecule is CCCCCCN(C)c1ccc(C=C2SC(=S)N(CCNS(=O)(=O)C(F)(F)F)C2=O)cc1. The Balaban J connectivity index is 1.96. The van der Waals surface area contributed by atoms with Crippen molar-refractivity contribution < 1.29 is 26.4 Å². The Bertz CT molecular complexity index is 948. The molecule has 0 aromatic heterocycles. The zero-order valence-corrected chi connectivity index (χ0v) is 20.3. The molecule has 1 N–H and O–H groups in total. The summed E-state index contributed by atoms with van der Waals surface area (Å²) in [5.74, 6) is -0.469. The van der Waals surface area contributed by atoms with Crippen LogP contribution in [-0.4, -0.2) is 55.7 Å². The van der Waals surface area contributed by atoms with Crippen molar-refractivity contribution in [1.29, 1.82) is 0 Å². The van der Waals surface area contributed by atoms with Crippen molar-refractivity contribution in [3.63, 3.8) is 0 Å². The molecule has 1 aliphatic rings. The summed E-state index contributed by atoms with van der Waals surface area (Å²) in [6.07, 6.45) is 6.38. The van der Waals surface area contributed by atoms with E-state index in [-0.39, 0.29) is 10.9 Å². The predicted molar refractivity (Wildman–Crippen MR) is 127 cm³/mol. The molecule has 178 valence electrons. The van der Waals surface area contributed by atoms with E-state index in [0.717, 1.165) is 40.9 Å². The summed E-state index contributed by atoms with van der Waals surface area (Å²) in [6, 6.07) is 7.67. The van der Waals surface area contributed by atoms with E-state index >= 15 is 0 Å². The fourth-order valence-electron chi connectivity index (χ4n) is 2.95. The standard InChI is InChI=1S/C20H26F3N3O3S3/c1-3-4-5-6-12-25(2)16-9-7-15(8-10-16)14-17-18(27)26(19(30)31-17)13-11-24-32(28,29)20(21,22)23/h7-10,14,24H,3-6,11-13H2,1-2H3. The number of thioether (sulfide) groups is 1. The number of hydrogen-bond donors (Lipinski definition) is 1. The van der Waals surface area contributed by atoms with Crippen molar-refractivity contribution >= 4 is 56.0 Å². The van der Waals surface area contributed by atoms with Gasteiger partial charge in [-0.2, -0.15) is 13.2 Å². The lowest BCUT2D eigenvalue weighted by molar-refractivity contribution is -0.122. The highest BCUT2D eigenvalue weighted by Gasteiger charge is 2.45. The third kappa shape index (κ3) is 7.19. The fourth-order valence-corrected chi connectivity index (χ4v) is 4.78. The minimum absolute atomic E-state index is 0.163. The van der Waals surface area contributed by atoms with Gasteiger partial charge >= 0.3 is 15.5 Å². The lowest BCUT2D eigenvalue weighted by Crippen LogP contribution is -2.41. The van der Waals surface area contributed by atoms with Crippen LogP contribution in [0, 0.1) is 0 Å². The van der Waals surface area contributed by atoms with Gasteiger partial charge in [-0.1, -0.05) is 62.3 Å². The molecule has 0 unspecified atom stereocenters. The summed E-state index contributed by atoms with van der Waals surface area (Å²) >= 11 is 6.15. The van der Waals surface area contributed by atoms with Crippen molar-refractivity contribution in [2.45, 2.75) is 38.1 Å². The molecule has 1 amide bonds. The lowest BCUT2D eigenvalue weighted by Gasteiger charge is -2.19. The number of anilines is 1. The number of sulfonamides is 1. The van der Waals surface area contributed by atoms with Crippen molar-refractivity contribution in [2.24, 2.45) is 0 Å². The second-order valence-corrected chi connectivity index (χ2v) is 10.7. The molecule has 0 atom stereocenters. The fraction of sp³-hybridized carbons (Fsp3) is 0.500. The van der Waals surface area contributed by atoms with E-state index in [2.05, 4.69) is 11.8 Å². The molecule has 0 bridgehead atoms. The number of amides is 1. The number of alkyl halides is 3. The van der Waals surface area contributed by atoms with E-state index in [9.17, 15) is 26.4 Å². The number of thiocarbonyl (C=S) groups is 1. The summed E-state index contributed by atoms with van der Waals surface area (Å²) in [4.78, 5) is 16.1. The Hall–Kier alpha value is -1.63. The second-order valence-electron chi connectivity index (χ2n) is 7.25. The normalized spacial score (nSPS) is 16.3. The number of carbonyl (C=O) groups is 1. The summed E-state index contributed by atoms with van der Waals surface area (Å²) in [5, 5.41) is 0. The van der Waals surface area contributed by atoms with Crippen LogP contribution in [-0.2, 0) is 14.8 Å². The first-order valence-corrected chi connectivity index (χ1v) is 12.8. The van der Waals surface area contributed by atoms with Gasteiger partial charge < -0.3 is 4.90 Å². The number of halogens is 3. The van der Waals surface area contributed by atoms with Crippen LogP contribution in [0.5, 0.6) is 0 Å². The molecule has 1 aromatic rings. The summed E-state index contributed by atoms with van der Waals surface area (Å²) in [6.45, 7) is 2.24. The number of hydrogen-bond acceptors (Lipinski definition) is 6. The van der Waals surface area contributed by atoms with Gasteiger partial charge in [0, 0.05) is 32.4 Å². The van der Waals surface area contributed by atoms with Crippen LogP contribution in [0.1, 0.15) is 38.2 Å². The van der Waals surface area contributed by atoms with E-state index in [1.165, 1.54) is 24.0 Å². The molecule has 1 saturated heterocycles. The quantitative estimate of drug-likeness (QED) is 0.272. The Kier molecular flexibility index (Phi) is 9.55. The van der Waals surface area contributed by atoms with Crippen LogP contribution in [0.3, 0.4) is 0 Å². The van der Waals surface area contributed by atoms with Gasteiger partial charge in [0.25, 0.3) is 5.91 Å². The van der Waals surface area contributed by atoms with Gasteiger partial charge in [-0.25, -0.2) is 13.1 Å². The molecule has 1 aromatic carbocycles. The number of nitrogens with zero attached hydrogens (tertiary/aromatic N) is 2. The van der Waals surface area contributed by atoms with Crippen molar-refractivity contribution in [3.8, 4) is 0 Å². The van der Waals surface area contributed by atoms with Crippen LogP contribution in [0.15, 0.2) is 29.2 Å². The molecule has 2 rings (SSSR count). The van der Waals surface area contributed by atoms with E-state index in [1.54, 1.807) is 6.08 Å². The monoisotopic (exact) mass is 509 g/mol. The number of nitrogens with one attached hydrogen (secondary N) is 1. The van der Waals surface area contributed by atoms with Crippen molar-refractivity contribution in [1.82, 2.24) is 9.62 Å². The Labute approximate surface area is 196 Å². The van der Waals surface area contributed by atoms with Crippen molar-refractivity contribution in [3.05, 3.63) is 34.7 Å². The highest BCUT2D eigenvalue weighted by atomic mass is 32.2. The zero-order chi connectivity index (χ0) is 23.9. The smallest absolute Gasteiger partial charge is 0.375 e. The molecule has 32 heavy (non-hydrogen) atoms. The first-order chi connectivity index (χ1) is 15.0. The molecular weight excluding hydrogens is 483 g/mol. The minimum Gasteiger partial charge on any atom is -0.375 e. The number of unbranched alkanes of at least 4 members (excludes halogenated alkanes) is 3. The van der Waals surface area contributed by atoms with E-state index in [1.807, 2.05) is 31.3 Å². The largest absolute Gasteiger partial charge is 0.511 e. The van der Waals surface area contributed by atoms with Gasteiger partial charge in [-0.05, 0) is 30.2 Å². The zero-order valence-electron chi connectivity index (χ0n) is 17.8. The average Bonchev–Trinajstić information content (AvgIpc) is 2.98. The molecule has 0 radical (unpaired) electrons. The number of carbonyl (C=O) groups excluding carboxylic acids is 1. The molecule has 1 fully saturated rings. The Morgan fingerprint density at radius 2 is 1.84 bits per heavy atom. The molecular formula is C20H26F3N3O3S3. The van der Waals surface area contributed by atoms with Gasteiger partial charge in [-0.3, -0.25) is 9.69 Å². The summed E-state index contributed by atoms with van der Waals surface area (Å²) in [5.41, 5.74) is -3.56. The molecule has 0 spiro atoms. The first kappa shape index (κ1) is 26.6. The van der Waals surface area contributed by atoms with Crippen LogP contribution in [0.4, 0.5) is 18.9 Å². The van der Waals surface area contributed by atoms with Gasteiger partial charge in [-0.15, -0.1) is 0 Å². The lowest BCUT2D eigenvalue weighted by atomic mass is 10.1. The summed E-state index contributed by atoms with van der Waals surface area (Å²) in [7, 11) is -3.44. The maximum absolute atomic E-state index is 12.6. The molecule has 1 aliphatic heterocycles. The van der Waals surface area contributed by atoms with Crippen LogP contribution in [0.2, 0.25) is 0 Å². The third-order valence-corrected chi connectivity index (χ3v) is 7.36. The minimum atomic E-state index is -5.46. The van der Waals surface area contributed by atoms with E-state index in [4.69, 9.17) is 12.2 Å². The number of benzene rings is 1. The summed E-state index contributed by atoms with van der Waals surface area (Å²) < 4.78 is 60.9. The number of rotatable bonds is 11. The molecule has 6 nitrogen and oxygen atoms in total. The Morgan fingerprint density at radius 3 is 2.44 bits per heavy atom. The van der Waals surface area contributed by atoms with Crippen LogP contribution >= 0.6 is 24.0 Å². The molecule has 1 heterocycles. The highest BCUT2D eigenvalue weighted by molar-refractivity contribution is 8.26. The molecule has 12 heteroatoms. The second kappa shape index (κ2) is 11.5. The van der Waals surface area contributed by atoms with E-state index < -0.39 is 28.0 Å². The van der Waals surface area contributed by atoms with E-state index in [0.29, 0.717) is 4.91 Å². The third-order valence-electron chi connectivity index (χ3n) is 4.78. The van der Waals surface area contributed by atoms with Crippen molar-refractivity contribution in [2.75, 3.05) is 31.6 Å². The average molecular weight is 510 g/mol. The first-order valence-electron chi connectivity index (χ1n) is 10.1. The maximum Gasteiger partial charge on any atom is 0.511 e.